The maximum atomic E-state index is 11.7. The van der Waals surface area contributed by atoms with Gasteiger partial charge < -0.3 is 15.0 Å². The van der Waals surface area contributed by atoms with E-state index in [4.69, 9.17) is 4.74 Å². The maximum Gasteiger partial charge on any atom is 0.239 e. The standard InChI is InChI=1S/C13H20N2O2/c1-11(10-17-3)14-13(16)9-15(2)12-7-5-4-6-8-12/h4-8,11H,9-10H2,1-3H3,(H,14,16). The van der Waals surface area contributed by atoms with Crippen LogP contribution in [0.25, 0.3) is 0 Å². The zero-order valence-corrected chi connectivity index (χ0v) is 10.6. The molecule has 1 amide bonds. The van der Waals surface area contributed by atoms with E-state index in [1.54, 1.807) is 7.11 Å². The van der Waals surface area contributed by atoms with Crippen LogP contribution in [0, 0.1) is 0 Å². The van der Waals surface area contributed by atoms with Gasteiger partial charge in [-0.1, -0.05) is 18.2 Å². The lowest BCUT2D eigenvalue weighted by atomic mass is 10.3. The van der Waals surface area contributed by atoms with Crippen LogP contribution in [0.3, 0.4) is 0 Å². The van der Waals surface area contributed by atoms with E-state index in [1.807, 2.05) is 49.2 Å². The molecular weight excluding hydrogens is 216 g/mol. The van der Waals surface area contributed by atoms with Crippen molar-refractivity contribution in [3.05, 3.63) is 30.3 Å². The summed E-state index contributed by atoms with van der Waals surface area (Å²) in [6.07, 6.45) is 0. The molecule has 0 bridgehead atoms. The molecule has 0 aliphatic rings. The van der Waals surface area contributed by atoms with E-state index in [0.717, 1.165) is 5.69 Å². The number of carbonyl (C=O) groups is 1. The fourth-order valence-corrected chi connectivity index (χ4v) is 1.60. The van der Waals surface area contributed by atoms with Crippen molar-refractivity contribution in [1.82, 2.24) is 5.32 Å². The second kappa shape index (κ2) is 6.91. The number of rotatable bonds is 6. The molecule has 0 aromatic heterocycles. The summed E-state index contributed by atoms with van der Waals surface area (Å²) in [6.45, 7) is 2.79. The number of nitrogens with zero attached hydrogens (tertiary/aromatic N) is 1. The normalized spacial score (nSPS) is 11.9. The van der Waals surface area contributed by atoms with Gasteiger partial charge in [-0.05, 0) is 19.1 Å². The predicted molar refractivity (Wildman–Crippen MR) is 69.2 cm³/mol. The van der Waals surface area contributed by atoms with Gasteiger partial charge in [0.25, 0.3) is 0 Å². The highest BCUT2D eigenvalue weighted by molar-refractivity contribution is 5.81. The minimum atomic E-state index is 0.000836. The first-order valence-corrected chi connectivity index (χ1v) is 5.68. The molecule has 17 heavy (non-hydrogen) atoms. The number of para-hydroxylation sites is 1. The molecule has 1 unspecified atom stereocenters. The fraction of sp³-hybridized carbons (Fsp3) is 0.462. The monoisotopic (exact) mass is 236 g/mol. The summed E-state index contributed by atoms with van der Waals surface area (Å²) >= 11 is 0. The fourth-order valence-electron chi connectivity index (χ4n) is 1.60. The molecule has 4 nitrogen and oxygen atoms in total. The maximum absolute atomic E-state index is 11.7. The number of nitrogens with one attached hydrogen (secondary N) is 1. The van der Waals surface area contributed by atoms with Gasteiger partial charge in [0.05, 0.1) is 13.2 Å². The van der Waals surface area contributed by atoms with Crippen LogP contribution in [-0.2, 0) is 9.53 Å². The summed E-state index contributed by atoms with van der Waals surface area (Å²) in [5.41, 5.74) is 1.03. The van der Waals surface area contributed by atoms with Crippen LogP contribution < -0.4 is 10.2 Å². The average molecular weight is 236 g/mol. The molecule has 0 saturated heterocycles. The van der Waals surface area contributed by atoms with Crippen molar-refractivity contribution in [2.24, 2.45) is 0 Å². The third-order valence-corrected chi connectivity index (χ3v) is 2.40. The van der Waals surface area contributed by atoms with E-state index in [1.165, 1.54) is 0 Å². The Hall–Kier alpha value is -1.55. The van der Waals surface area contributed by atoms with Gasteiger partial charge in [-0.2, -0.15) is 0 Å². The molecule has 1 aromatic carbocycles. The van der Waals surface area contributed by atoms with Crippen molar-refractivity contribution in [3.63, 3.8) is 0 Å². The van der Waals surface area contributed by atoms with Gasteiger partial charge in [0, 0.05) is 25.9 Å². The third-order valence-electron chi connectivity index (χ3n) is 2.40. The van der Waals surface area contributed by atoms with Crippen molar-refractivity contribution < 1.29 is 9.53 Å². The first kappa shape index (κ1) is 13.5. The molecule has 0 aliphatic carbocycles. The summed E-state index contributed by atoms with van der Waals surface area (Å²) in [7, 11) is 3.52. The number of likely N-dealkylation sites (N-methyl/N-ethyl adjacent to an activating group) is 1. The summed E-state index contributed by atoms with van der Waals surface area (Å²) in [4.78, 5) is 13.6. The third kappa shape index (κ3) is 4.87. The molecule has 1 atom stereocenters. The molecule has 0 spiro atoms. The van der Waals surface area contributed by atoms with Crippen LogP contribution in [0.2, 0.25) is 0 Å². The lowest BCUT2D eigenvalue weighted by Crippen LogP contribution is -2.41. The van der Waals surface area contributed by atoms with E-state index in [-0.39, 0.29) is 11.9 Å². The second-order valence-electron chi connectivity index (χ2n) is 4.12. The highest BCUT2D eigenvalue weighted by Crippen LogP contribution is 2.09. The molecule has 0 aliphatic heterocycles. The summed E-state index contributed by atoms with van der Waals surface area (Å²) in [6, 6.07) is 9.86. The quantitative estimate of drug-likeness (QED) is 0.809. The van der Waals surface area contributed by atoms with Crippen LogP contribution >= 0.6 is 0 Å². The van der Waals surface area contributed by atoms with Gasteiger partial charge in [-0.25, -0.2) is 0 Å². The van der Waals surface area contributed by atoms with Crippen molar-refractivity contribution in [3.8, 4) is 0 Å². The Bertz CT molecular complexity index is 341. The summed E-state index contributed by atoms with van der Waals surface area (Å²) in [5, 5.41) is 2.88. The Morgan fingerprint density at radius 1 is 1.41 bits per heavy atom. The number of methoxy groups -OCH3 is 1. The first-order chi connectivity index (χ1) is 8.13. The first-order valence-electron chi connectivity index (χ1n) is 5.68. The Labute approximate surface area is 103 Å². The lowest BCUT2D eigenvalue weighted by Gasteiger charge is -2.20. The van der Waals surface area contributed by atoms with Crippen molar-refractivity contribution >= 4 is 11.6 Å². The minimum Gasteiger partial charge on any atom is -0.383 e. The number of amides is 1. The zero-order chi connectivity index (χ0) is 12.7. The smallest absolute Gasteiger partial charge is 0.239 e. The van der Waals surface area contributed by atoms with E-state index in [0.29, 0.717) is 13.2 Å². The number of benzene rings is 1. The van der Waals surface area contributed by atoms with E-state index in [9.17, 15) is 4.79 Å². The Kier molecular flexibility index (Phi) is 5.49. The molecule has 0 heterocycles. The molecule has 94 valence electrons. The number of hydrogen-bond acceptors (Lipinski definition) is 3. The van der Waals surface area contributed by atoms with Gasteiger partial charge in [0.15, 0.2) is 0 Å². The summed E-state index contributed by atoms with van der Waals surface area (Å²) < 4.78 is 4.97. The van der Waals surface area contributed by atoms with Crippen molar-refractivity contribution in [2.45, 2.75) is 13.0 Å². The van der Waals surface area contributed by atoms with Gasteiger partial charge in [-0.15, -0.1) is 0 Å². The van der Waals surface area contributed by atoms with Gasteiger partial charge in [0.2, 0.25) is 5.91 Å². The van der Waals surface area contributed by atoms with Gasteiger partial charge >= 0.3 is 0 Å². The minimum absolute atomic E-state index is 0.000836. The molecule has 1 aromatic rings. The highest BCUT2D eigenvalue weighted by atomic mass is 16.5. The second-order valence-corrected chi connectivity index (χ2v) is 4.12. The molecule has 1 rings (SSSR count). The number of carbonyl (C=O) groups excluding carboxylic acids is 1. The molecule has 4 heteroatoms. The van der Waals surface area contributed by atoms with Crippen LogP contribution in [0.4, 0.5) is 5.69 Å². The van der Waals surface area contributed by atoms with Crippen LogP contribution in [0.15, 0.2) is 30.3 Å². The number of anilines is 1. The Balaban J connectivity index is 2.41. The van der Waals surface area contributed by atoms with Crippen LogP contribution in [-0.4, -0.2) is 39.3 Å². The van der Waals surface area contributed by atoms with E-state index in [2.05, 4.69) is 5.32 Å². The van der Waals surface area contributed by atoms with Gasteiger partial charge in [0.1, 0.15) is 0 Å². The molecule has 1 N–H and O–H groups in total. The van der Waals surface area contributed by atoms with Crippen molar-refractivity contribution in [1.29, 1.82) is 0 Å². The Morgan fingerprint density at radius 2 is 2.06 bits per heavy atom. The lowest BCUT2D eigenvalue weighted by molar-refractivity contribution is -0.120. The summed E-state index contributed by atoms with van der Waals surface area (Å²) in [5.74, 6) is 0.000836. The van der Waals surface area contributed by atoms with E-state index >= 15 is 0 Å². The molecule has 0 saturated carbocycles. The molecule has 0 fully saturated rings. The Morgan fingerprint density at radius 3 is 2.65 bits per heavy atom. The molecular formula is C13H20N2O2. The average Bonchev–Trinajstić information content (AvgIpc) is 2.30. The largest absolute Gasteiger partial charge is 0.383 e. The van der Waals surface area contributed by atoms with Crippen LogP contribution in [0.5, 0.6) is 0 Å². The highest BCUT2D eigenvalue weighted by Gasteiger charge is 2.09. The predicted octanol–water partition coefficient (Wildman–Crippen LogP) is 1.27. The van der Waals surface area contributed by atoms with Crippen LogP contribution in [0.1, 0.15) is 6.92 Å². The molecule has 0 radical (unpaired) electrons. The number of ether oxygens (including phenoxy) is 1. The van der Waals surface area contributed by atoms with E-state index < -0.39 is 0 Å². The topological polar surface area (TPSA) is 41.6 Å². The number of hydrogen-bond donors (Lipinski definition) is 1. The zero-order valence-electron chi connectivity index (χ0n) is 10.6. The SMILES string of the molecule is COCC(C)NC(=O)CN(C)c1ccccc1. The van der Waals surface area contributed by atoms with Gasteiger partial charge in [-0.3, -0.25) is 4.79 Å². The van der Waals surface area contributed by atoms with Crippen molar-refractivity contribution in [2.75, 3.05) is 32.2 Å².